The number of anilines is 1. The maximum atomic E-state index is 12.3. The lowest BCUT2D eigenvalue weighted by molar-refractivity contribution is 0.217. The minimum atomic E-state index is -0.0317. The van der Waals surface area contributed by atoms with Crippen LogP contribution in [0.25, 0.3) is 10.9 Å². The van der Waals surface area contributed by atoms with Crippen LogP contribution in [0.5, 0.6) is 0 Å². The van der Waals surface area contributed by atoms with Crippen LogP contribution in [-0.2, 0) is 0 Å². The van der Waals surface area contributed by atoms with Gasteiger partial charge in [-0.2, -0.15) is 0 Å². The highest BCUT2D eigenvalue weighted by Crippen LogP contribution is 2.34. The number of nitrogens with one attached hydrogen (secondary N) is 2. The summed E-state index contributed by atoms with van der Waals surface area (Å²) in [6.45, 7) is 7.73. The molecule has 130 valence electrons. The summed E-state index contributed by atoms with van der Waals surface area (Å²) >= 11 is 0. The molecular formula is C19H28N4O. The summed E-state index contributed by atoms with van der Waals surface area (Å²) in [4.78, 5) is 19.8. The molecule has 2 heterocycles. The standard InChI is InChI=1S/C19H28N4O/c1-4-23(5-2)19(24)21-15-6-7-18-16(12-15)17(13-20-18)14-8-10-22(3)11-9-14/h6-7,12-14,20H,4-5,8-11H2,1-3H3,(H,21,24). The van der Waals surface area contributed by atoms with Crippen LogP contribution in [0.15, 0.2) is 24.4 Å². The van der Waals surface area contributed by atoms with Crippen LogP contribution < -0.4 is 5.32 Å². The SMILES string of the molecule is CCN(CC)C(=O)Nc1ccc2[nH]cc(C3CCN(C)CC3)c2c1. The van der Waals surface area contributed by atoms with Crippen LogP contribution in [0.4, 0.5) is 10.5 Å². The quantitative estimate of drug-likeness (QED) is 0.895. The Hall–Kier alpha value is -2.01. The molecule has 0 spiro atoms. The molecule has 1 saturated heterocycles. The summed E-state index contributed by atoms with van der Waals surface area (Å²) in [5.41, 5.74) is 3.40. The lowest BCUT2D eigenvalue weighted by atomic mass is 9.89. The normalized spacial score (nSPS) is 16.5. The van der Waals surface area contributed by atoms with Crippen LogP contribution in [0.3, 0.4) is 0 Å². The lowest BCUT2D eigenvalue weighted by Gasteiger charge is -2.28. The number of likely N-dealkylation sites (tertiary alicyclic amines) is 1. The van der Waals surface area contributed by atoms with Crippen molar-refractivity contribution in [1.29, 1.82) is 0 Å². The van der Waals surface area contributed by atoms with E-state index in [1.54, 1.807) is 4.90 Å². The van der Waals surface area contributed by atoms with Crippen molar-refractivity contribution < 1.29 is 4.79 Å². The Morgan fingerprint density at radius 2 is 2.00 bits per heavy atom. The van der Waals surface area contributed by atoms with Crippen molar-refractivity contribution >= 4 is 22.6 Å². The molecule has 0 bridgehead atoms. The summed E-state index contributed by atoms with van der Waals surface area (Å²) in [6.07, 6.45) is 4.54. The highest BCUT2D eigenvalue weighted by atomic mass is 16.2. The molecule has 2 N–H and O–H groups in total. The van der Waals surface area contributed by atoms with Crippen molar-refractivity contribution in [2.24, 2.45) is 0 Å². The van der Waals surface area contributed by atoms with Gasteiger partial charge in [0.1, 0.15) is 0 Å². The minimum Gasteiger partial charge on any atom is -0.361 e. The molecule has 5 heteroatoms. The van der Waals surface area contributed by atoms with Gasteiger partial charge < -0.3 is 20.1 Å². The molecule has 5 nitrogen and oxygen atoms in total. The van der Waals surface area contributed by atoms with Gasteiger partial charge in [-0.15, -0.1) is 0 Å². The monoisotopic (exact) mass is 328 g/mol. The van der Waals surface area contributed by atoms with Crippen LogP contribution in [0.1, 0.15) is 38.2 Å². The number of aromatic nitrogens is 1. The molecule has 0 radical (unpaired) electrons. The number of aromatic amines is 1. The summed E-state index contributed by atoms with van der Waals surface area (Å²) in [6, 6.07) is 6.11. The van der Waals surface area contributed by atoms with Crippen molar-refractivity contribution in [2.45, 2.75) is 32.6 Å². The zero-order valence-electron chi connectivity index (χ0n) is 14.9. The third-order valence-electron chi connectivity index (χ3n) is 5.17. The maximum Gasteiger partial charge on any atom is 0.321 e. The Labute approximate surface area is 144 Å². The molecule has 2 amide bonds. The van der Waals surface area contributed by atoms with Crippen LogP contribution in [0.2, 0.25) is 0 Å². The van der Waals surface area contributed by atoms with E-state index in [0.29, 0.717) is 5.92 Å². The molecule has 0 unspecified atom stereocenters. The second-order valence-electron chi connectivity index (χ2n) is 6.68. The van der Waals surface area contributed by atoms with E-state index in [-0.39, 0.29) is 6.03 Å². The van der Waals surface area contributed by atoms with E-state index in [1.165, 1.54) is 23.8 Å². The minimum absolute atomic E-state index is 0.0317. The molecule has 1 aromatic heterocycles. The molecule has 0 atom stereocenters. The highest BCUT2D eigenvalue weighted by Gasteiger charge is 2.21. The van der Waals surface area contributed by atoms with Gasteiger partial charge in [0, 0.05) is 35.9 Å². The smallest absolute Gasteiger partial charge is 0.321 e. The van der Waals surface area contributed by atoms with Gasteiger partial charge in [-0.3, -0.25) is 0 Å². The van der Waals surface area contributed by atoms with Crippen LogP contribution in [-0.4, -0.2) is 54.0 Å². The fourth-order valence-corrected chi connectivity index (χ4v) is 3.59. The summed E-state index contributed by atoms with van der Waals surface area (Å²) in [5.74, 6) is 0.601. The number of carbonyl (C=O) groups is 1. The average Bonchev–Trinajstić information content (AvgIpc) is 3.00. The number of rotatable bonds is 4. The molecule has 1 aliphatic heterocycles. The molecule has 0 saturated carbocycles. The van der Waals surface area contributed by atoms with Crippen LogP contribution >= 0.6 is 0 Å². The molecule has 24 heavy (non-hydrogen) atoms. The summed E-state index contributed by atoms with van der Waals surface area (Å²) < 4.78 is 0. The number of fused-ring (bicyclic) bond motifs is 1. The number of piperidine rings is 1. The first kappa shape index (κ1) is 16.8. The number of hydrogen-bond acceptors (Lipinski definition) is 2. The lowest BCUT2D eigenvalue weighted by Crippen LogP contribution is -2.34. The number of H-pyrrole nitrogens is 1. The number of amides is 2. The molecule has 1 aliphatic rings. The van der Waals surface area contributed by atoms with Gasteiger partial charge in [0.05, 0.1) is 0 Å². The van der Waals surface area contributed by atoms with Gasteiger partial charge in [0.2, 0.25) is 0 Å². The van der Waals surface area contributed by atoms with E-state index in [0.717, 1.165) is 37.4 Å². The molecule has 0 aliphatic carbocycles. The van der Waals surface area contributed by atoms with E-state index >= 15 is 0 Å². The predicted molar refractivity (Wildman–Crippen MR) is 99.7 cm³/mol. The van der Waals surface area contributed by atoms with Crippen molar-refractivity contribution in [2.75, 3.05) is 38.5 Å². The molecular weight excluding hydrogens is 300 g/mol. The van der Waals surface area contributed by atoms with Gasteiger partial charge in [0.25, 0.3) is 0 Å². The Morgan fingerprint density at radius 3 is 2.67 bits per heavy atom. The second-order valence-corrected chi connectivity index (χ2v) is 6.68. The average molecular weight is 328 g/mol. The first-order chi connectivity index (χ1) is 11.6. The first-order valence-electron chi connectivity index (χ1n) is 8.97. The number of nitrogens with zero attached hydrogens (tertiary/aromatic N) is 2. The number of benzene rings is 1. The Kier molecular flexibility index (Phi) is 5.09. The maximum absolute atomic E-state index is 12.3. The third-order valence-corrected chi connectivity index (χ3v) is 5.17. The largest absolute Gasteiger partial charge is 0.361 e. The molecule has 1 aromatic carbocycles. The Bertz CT molecular complexity index is 696. The van der Waals surface area contributed by atoms with Crippen molar-refractivity contribution in [3.63, 3.8) is 0 Å². The van der Waals surface area contributed by atoms with Gasteiger partial charge in [-0.1, -0.05) is 0 Å². The van der Waals surface area contributed by atoms with Crippen LogP contribution in [0, 0.1) is 0 Å². The Morgan fingerprint density at radius 1 is 1.29 bits per heavy atom. The van der Waals surface area contributed by atoms with Gasteiger partial charge >= 0.3 is 6.03 Å². The molecule has 1 fully saturated rings. The topological polar surface area (TPSA) is 51.4 Å². The highest BCUT2D eigenvalue weighted by molar-refractivity contribution is 5.94. The van der Waals surface area contributed by atoms with E-state index in [1.807, 2.05) is 19.9 Å². The first-order valence-corrected chi connectivity index (χ1v) is 8.97. The van der Waals surface area contributed by atoms with Gasteiger partial charge in [-0.25, -0.2) is 4.79 Å². The van der Waals surface area contributed by atoms with E-state index in [9.17, 15) is 4.79 Å². The fraction of sp³-hybridized carbons (Fsp3) is 0.526. The summed E-state index contributed by atoms with van der Waals surface area (Å²) in [7, 11) is 2.19. The van der Waals surface area contributed by atoms with Crippen molar-refractivity contribution in [3.8, 4) is 0 Å². The van der Waals surface area contributed by atoms with Crippen molar-refractivity contribution in [1.82, 2.24) is 14.8 Å². The zero-order chi connectivity index (χ0) is 17.1. The van der Waals surface area contributed by atoms with E-state index < -0.39 is 0 Å². The predicted octanol–water partition coefficient (Wildman–Crippen LogP) is 3.85. The van der Waals surface area contributed by atoms with E-state index in [2.05, 4.69) is 40.6 Å². The number of urea groups is 1. The number of carbonyl (C=O) groups excluding carboxylic acids is 1. The zero-order valence-corrected chi connectivity index (χ0v) is 14.9. The third kappa shape index (κ3) is 3.41. The Balaban J connectivity index is 1.82. The molecule has 3 rings (SSSR count). The number of hydrogen-bond donors (Lipinski definition) is 2. The van der Waals surface area contributed by atoms with Gasteiger partial charge in [0.15, 0.2) is 0 Å². The molecule has 2 aromatic rings. The second kappa shape index (κ2) is 7.26. The van der Waals surface area contributed by atoms with E-state index in [4.69, 9.17) is 0 Å². The van der Waals surface area contributed by atoms with Crippen molar-refractivity contribution in [3.05, 3.63) is 30.0 Å². The fourth-order valence-electron chi connectivity index (χ4n) is 3.59. The summed E-state index contributed by atoms with van der Waals surface area (Å²) in [5, 5.41) is 4.27. The van der Waals surface area contributed by atoms with Gasteiger partial charge in [-0.05, 0) is 76.5 Å².